The first kappa shape index (κ1) is 14.2. The van der Waals surface area contributed by atoms with Crippen LogP contribution in [0.5, 0.6) is 0 Å². The van der Waals surface area contributed by atoms with Gasteiger partial charge in [-0.3, -0.25) is 0 Å². The maximum absolute atomic E-state index is 12.6. The predicted molar refractivity (Wildman–Crippen MR) is 72.6 cm³/mol. The second-order valence-corrected chi connectivity index (χ2v) is 7.42. The average molecular weight is 275 g/mol. The maximum atomic E-state index is 12.6. The van der Waals surface area contributed by atoms with E-state index >= 15 is 0 Å². The van der Waals surface area contributed by atoms with Crippen molar-refractivity contribution in [1.82, 2.24) is 13.9 Å². The zero-order valence-corrected chi connectivity index (χ0v) is 12.2. The van der Waals surface area contributed by atoms with Crippen LogP contribution in [-0.2, 0) is 10.2 Å². The van der Waals surface area contributed by atoms with Crippen molar-refractivity contribution in [3.63, 3.8) is 0 Å². The second kappa shape index (κ2) is 5.86. The molecule has 1 saturated carbocycles. The summed E-state index contributed by atoms with van der Waals surface area (Å²) in [5, 5.41) is 3.23. The molecule has 5 nitrogen and oxygen atoms in total. The van der Waals surface area contributed by atoms with Gasteiger partial charge >= 0.3 is 0 Å². The summed E-state index contributed by atoms with van der Waals surface area (Å²) in [5.74, 6) is 0. The molecule has 1 heterocycles. The van der Waals surface area contributed by atoms with Crippen LogP contribution in [0.4, 0.5) is 0 Å². The van der Waals surface area contributed by atoms with Crippen LogP contribution in [0.25, 0.3) is 0 Å². The summed E-state index contributed by atoms with van der Waals surface area (Å²) < 4.78 is 28.5. The molecule has 0 aromatic heterocycles. The Kier molecular flexibility index (Phi) is 4.64. The molecule has 0 spiro atoms. The van der Waals surface area contributed by atoms with Crippen LogP contribution in [-0.4, -0.2) is 55.8 Å². The molecule has 106 valence electrons. The van der Waals surface area contributed by atoms with Crippen molar-refractivity contribution < 1.29 is 8.42 Å². The third-order valence-corrected chi connectivity index (χ3v) is 6.35. The third-order valence-electron chi connectivity index (χ3n) is 4.19. The standard InChI is InChI=1S/C12H25N3O2S/c1-11-10-13-8-9-15(11)18(16,17)14(2)12-6-4-3-5-7-12/h11-13H,3-10H2,1-2H3/t11-/m1/s1. The molecule has 1 aliphatic heterocycles. The highest BCUT2D eigenvalue weighted by molar-refractivity contribution is 7.86. The van der Waals surface area contributed by atoms with E-state index in [0.717, 1.165) is 38.8 Å². The molecule has 18 heavy (non-hydrogen) atoms. The summed E-state index contributed by atoms with van der Waals surface area (Å²) in [6.07, 6.45) is 5.57. The molecule has 0 bridgehead atoms. The van der Waals surface area contributed by atoms with Crippen LogP contribution in [0.3, 0.4) is 0 Å². The minimum absolute atomic E-state index is 0.0507. The van der Waals surface area contributed by atoms with Crippen LogP contribution in [0.1, 0.15) is 39.0 Å². The quantitative estimate of drug-likeness (QED) is 0.828. The smallest absolute Gasteiger partial charge is 0.282 e. The van der Waals surface area contributed by atoms with Gasteiger partial charge in [0.2, 0.25) is 0 Å². The molecule has 1 saturated heterocycles. The van der Waals surface area contributed by atoms with Gasteiger partial charge in [0.25, 0.3) is 10.2 Å². The largest absolute Gasteiger partial charge is 0.314 e. The van der Waals surface area contributed by atoms with Crippen molar-refractivity contribution in [2.45, 2.75) is 51.1 Å². The molecule has 1 N–H and O–H groups in total. The van der Waals surface area contributed by atoms with Crippen molar-refractivity contribution >= 4 is 10.2 Å². The van der Waals surface area contributed by atoms with Gasteiger partial charge in [0.1, 0.15) is 0 Å². The minimum Gasteiger partial charge on any atom is -0.314 e. The molecule has 0 aromatic rings. The van der Waals surface area contributed by atoms with Gasteiger partial charge in [0.15, 0.2) is 0 Å². The van der Waals surface area contributed by atoms with Crippen LogP contribution >= 0.6 is 0 Å². The Balaban J connectivity index is 2.08. The Bertz CT molecular complexity index is 366. The molecule has 2 aliphatic rings. The van der Waals surface area contributed by atoms with Gasteiger partial charge in [0.05, 0.1) is 0 Å². The van der Waals surface area contributed by atoms with Crippen molar-refractivity contribution in [1.29, 1.82) is 0 Å². The Morgan fingerprint density at radius 2 is 1.89 bits per heavy atom. The van der Waals surface area contributed by atoms with E-state index in [2.05, 4.69) is 5.32 Å². The lowest BCUT2D eigenvalue weighted by molar-refractivity contribution is 0.230. The number of nitrogens with zero attached hydrogens (tertiary/aromatic N) is 2. The number of hydrogen-bond donors (Lipinski definition) is 1. The van der Waals surface area contributed by atoms with Crippen LogP contribution in [0, 0.1) is 0 Å². The first-order chi connectivity index (χ1) is 8.53. The monoisotopic (exact) mass is 275 g/mol. The van der Waals surface area contributed by atoms with E-state index in [1.54, 1.807) is 15.7 Å². The number of hydrogen-bond acceptors (Lipinski definition) is 3. The molecule has 6 heteroatoms. The highest BCUT2D eigenvalue weighted by Crippen LogP contribution is 2.25. The van der Waals surface area contributed by atoms with Crippen LogP contribution in [0.2, 0.25) is 0 Å². The molecule has 2 rings (SSSR count). The lowest BCUT2D eigenvalue weighted by Gasteiger charge is -2.39. The highest BCUT2D eigenvalue weighted by Gasteiger charge is 2.36. The minimum atomic E-state index is -3.28. The lowest BCUT2D eigenvalue weighted by Crippen LogP contribution is -2.57. The highest BCUT2D eigenvalue weighted by atomic mass is 32.2. The summed E-state index contributed by atoms with van der Waals surface area (Å²) >= 11 is 0. The van der Waals surface area contributed by atoms with Gasteiger partial charge in [0, 0.05) is 38.8 Å². The van der Waals surface area contributed by atoms with Gasteiger partial charge in [-0.1, -0.05) is 19.3 Å². The zero-order valence-electron chi connectivity index (χ0n) is 11.4. The average Bonchev–Trinajstić information content (AvgIpc) is 2.39. The molecule has 0 radical (unpaired) electrons. The van der Waals surface area contributed by atoms with Crippen molar-refractivity contribution in [3.8, 4) is 0 Å². The van der Waals surface area contributed by atoms with Crippen LogP contribution in [0.15, 0.2) is 0 Å². The third kappa shape index (κ3) is 2.87. The fraction of sp³-hybridized carbons (Fsp3) is 1.00. The number of nitrogens with one attached hydrogen (secondary N) is 1. The molecule has 0 amide bonds. The molecule has 1 atom stereocenters. The van der Waals surface area contributed by atoms with Gasteiger partial charge < -0.3 is 5.32 Å². The first-order valence-corrected chi connectivity index (χ1v) is 8.38. The van der Waals surface area contributed by atoms with Gasteiger partial charge in [-0.15, -0.1) is 0 Å². The second-order valence-electron chi connectivity index (χ2n) is 5.48. The Morgan fingerprint density at radius 1 is 1.22 bits per heavy atom. The Morgan fingerprint density at radius 3 is 2.50 bits per heavy atom. The topological polar surface area (TPSA) is 52.7 Å². The fourth-order valence-corrected chi connectivity index (χ4v) is 4.73. The van der Waals surface area contributed by atoms with Crippen molar-refractivity contribution in [3.05, 3.63) is 0 Å². The van der Waals surface area contributed by atoms with Crippen molar-refractivity contribution in [2.75, 3.05) is 26.7 Å². The summed E-state index contributed by atoms with van der Waals surface area (Å²) in [5.41, 5.74) is 0. The first-order valence-electron chi connectivity index (χ1n) is 6.99. The summed E-state index contributed by atoms with van der Waals surface area (Å²) in [4.78, 5) is 0. The number of rotatable bonds is 3. The van der Waals surface area contributed by atoms with E-state index < -0.39 is 10.2 Å². The Labute approximate surface area is 111 Å². The molecule has 0 unspecified atom stereocenters. The fourth-order valence-electron chi connectivity index (χ4n) is 2.96. The van der Waals surface area contributed by atoms with Gasteiger partial charge in [-0.25, -0.2) is 0 Å². The summed E-state index contributed by atoms with van der Waals surface area (Å²) in [6.45, 7) is 4.05. The molecule has 0 aromatic carbocycles. The van der Waals surface area contributed by atoms with E-state index in [4.69, 9.17) is 0 Å². The van der Waals surface area contributed by atoms with E-state index in [1.165, 1.54) is 6.42 Å². The van der Waals surface area contributed by atoms with Gasteiger partial charge in [-0.05, 0) is 19.8 Å². The lowest BCUT2D eigenvalue weighted by atomic mass is 9.96. The van der Waals surface area contributed by atoms with E-state index in [1.807, 2.05) is 6.92 Å². The molecular formula is C12H25N3O2S. The predicted octanol–water partition coefficient (Wildman–Crippen LogP) is 0.789. The van der Waals surface area contributed by atoms with E-state index in [0.29, 0.717) is 6.54 Å². The summed E-state index contributed by atoms with van der Waals surface area (Å²) in [6, 6.07) is 0.251. The van der Waals surface area contributed by atoms with E-state index in [9.17, 15) is 8.42 Å². The van der Waals surface area contributed by atoms with Crippen LogP contribution < -0.4 is 5.32 Å². The zero-order chi connectivity index (χ0) is 13.2. The van der Waals surface area contributed by atoms with E-state index in [-0.39, 0.29) is 12.1 Å². The molecule has 1 aliphatic carbocycles. The SMILES string of the molecule is C[C@@H]1CNCCN1S(=O)(=O)N(C)C1CCCCC1. The van der Waals surface area contributed by atoms with Crippen molar-refractivity contribution in [2.24, 2.45) is 0 Å². The van der Waals surface area contributed by atoms with Gasteiger partial charge in [-0.2, -0.15) is 17.0 Å². The maximum Gasteiger partial charge on any atom is 0.282 e. The molecular weight excluding hydrogens is 250 g/mol. The normalized spacial score (nSPS) is 28.7. The summed E-state index contributed by atoms with van der Waals surface area (Å²) in [7, 11) is -1.53. The Hall–Kier alpha value is -0.170. The number of piperazine rings is 1. The molecule has 2 fully saturated rings.